The lowest BCUT2D eigenvalue weighted by atomic mass is 10.1. The van der Waals surface area contributed by atoms with Gasteiger partial charge in [0.25, 0.3) is 5.91 Å². The van der Waals surface area contributed by atoms with Gasteiger partial charge in [0.1, 0.15) is 0 Å². The molecule has 0 atom stereocenters. The summed E-state index contributed by atoms with van der Waals surface area (Å²) in [6.07, 6.45) is 1.61. The lowest BCUT2D eigenvalue weighted by Gasteiger charge is -2.18. The molecule has 0 aliphatic heterocycles. The summed E-state index contributed by atoms with van der Waals surface area (Å²) < 4.78 is 1.04. The smallest absolute Gasteiger partial charge is 0.257 e. The molecule has 0 fully saturated rings. The summed E-state index contributed by atoms with van der Waals surface area (Å²) >= 11 is 1.63. The average molecular weight is 432 g/mol. The summed E-state index contributed by atoms with van der Waals surface area (Å²) in [6, 6.07) is 19.4. The standard InChI is InChI=1S/C24H25N5OS/c1-28(2)13-14-29(3)24-27-21-12-10-19(15-22(21)31-24)26-23(30)18-9-11-20(25-16-18)17-7-5-4-6-8-17/h4-12,15-16H,13-14H2,1-3H3,(H,26,30). The molecule has 0 unspecified atom stereocenters. The quantitative estimate of drug-likeness (QED) is 0.463. The third-order valence-corrected chi connectivity index (χ3v) is 6.07. The summed E-state index contributed by atoms with van der Waals surface area (Å²) in [6.45, 7) is 1.87. The van der Waals surface area contributed by atoms with E-state index in [1.165, 1.54) is 0 Å². The van der Waals surface area contributed by atoms with Crippen molar-refractivity contribution in [1.29, 1.82) is 0 Å². The number of carbonyl (C=O) groups excluding carboxylic acids is 1. The Labute approximate surface area is 186 Å². The van der Waals surface area contributed by atoms with Crippen molar-refractivity contribution in [2.45, 2.75) is 0 Å². The van der Waals surface area contributed by atoms with Gasteiger partial charge in [-0.25, -0.2) is 4.98 Å². The van der Waals surface area contributed by atoms with Crippen LogP contribution >= 0.6 is 11.3 Å². The highest BCUT2D eigenvalue weighted by atomic mass is 32.1. The lowest BCUT2D eigenvalue weighted by Crippen LogP contribution is -2.28. The van der Waals surface area contributed by atoms with Gasteiger partial charge in [0, 0.05) is 37.6 Å². The van der Waals surface area contributed by atoms with Gasteiger partial charge >= 0.3 is 0 Å². The fraction of sp³-hybridized carbons (Fsp3) is 0.208. The molecule has 158 valence electrons. The number of fused-ring (bicyclic) bond motifs is 1. The minimum atomic E-state index is -0.181. The first-order valence-electron chi connectivity index (χ1n) is 10.1. The van der Waals surface area contributed by atoms with E-state index in [4.69, 9.17) is 4.98 Å². The number of aromatic nitrogens is 2. The Morgan fingerprint density at radius 2 is 1.81 bits per heavy atom. The molecule has 31 heavy (non-hydrogen) atoms. The van der Waals surface area contributed by atoms with Crippen LogP contribution in [0, 0.1) is 0 Å². The first kappa shape index (κ1) is 21.0. The zero-order valence-corrected chi connectivity index (χ0v) is 18.7. The van der Waals surface area contributed by atoms with Crippen molar-refractivity contribution in [3.05, 3.63) is 72.4 Å². The molecule has 0 radical (unpaired) electrons. The molecule has 2 heterocycles. The van der Waals surface area contributed by atoms with Crippen LogP contribution in [0.2, 0.25) is 0 Å². The molecule has 2 aromatic heterocycles. The van der Waals surface area contributed by atoms with Crippen LogP contribution in [0.5, 0.6) is 0 Å². The first-order valence-corrected chi connectivity index (χ1v) is 10.9. The minimum Gasteiger partial charge on any atom is -0.350 e. The van der Waals surface area contributed by atoms with Crippen LogP contribution in [0.25, 0.3) is 21.5 Å². The topological polar surface area (TPSA) is 61.4 Å². The number of nitrogens with one attached hydrogen (secondary N) is 1. The molecule has 0 bridgehead atoms. The Kier molecular flexibility index (Phi) is 6.25. The Hall–Kier alpha value is -3.29. The number of hydrogen-bond donors (Lipinski definition) is 1. The van der Waals surface area contributed by atoms with Crippen molar-refractivity contribution in [1.82, 2.24) is 14.9 Å². The molecular weight excluding hydrogens is 406 g/mol. The van der Waals surface area contributed by atoms with Gasteiger partial charge in [0.05, 0.1) is 21.5 Å². The van der Waals surface area contributed by atoms with E-state index in [1.54, 1.807) is 23.6 Å². The number of carbonyl (C=O) groups is 1. The van der Waals surface area contributed by atoms with E-state index in [0.29, 0.717) is 5.56 Å². The fourth-order valence-corrected chi connectivity index (χ4v) is 4.10. The Morgan fingerprint density at radius 1 is 1.00 bits per heavy atom. The molecule has 6 nitrogen and oxygen atoms in total. The molecule has 0 saturated heterocycles. The molecule has 4 aromatic rings. The number of nitrogens with zero attached hydrogens (tertiary/aromatic N) is 4. The van der Waals surface area contributed by atoms with Crippen LogP contribution in [-0.2, 0) is 0 Å². The molecular formula is C24H25N5OS. The fourth-order valence-electron chi connectivity index (χ4n) is 3.11. The lowest BCUT2D eigenvalue weighted by molar-refractivity contribution is 0.102. The molecule has 0 aliphatic carbocycles. The van der Waals surface area contributed by atoms with Crippen molar-refractivity contribution >= 4 is 38.3 Å². The molecule has 7 heteroatoms. The van der Waals surface area contributed by atoms with Gasteiger partial charge in [-0.1, -0.05) is 41.7 Å². The second kappa shape index (κ2) is 9.24. The van der Waals surface area contributed by atoms with Crippen molar-refractivity contribution in [2.75, 3.05) is 44.4 Å². The summed E-state index contributed by atoms with van der Waals surface area (Å²) in [4.78, 5) is 26.1. The van der Waals surface area contributed by atoms with E-state index in [9.17, 15) is 4.79 Å². The number of rotatable bonds is 7. The van der Waals surface area contributed by atoms with Gasteiger partial charge in [-0.2, -0.15) is 0 Å². The zero-order valence-electron chi connectivity index (χ0n) is 17.9. The summed E-state index contributed by atoms with van der Waals surface area (Å²) in [7, 11) is 6.17. The average Bonchev–Trinajstić information content (AvgIpc) is 3.21. The molecule has 4 rings (SSSR count). The molecule has 2 aromatic carbocycles. The van der Waals surface area contributed by atoms with Gasteiger partial charge in [0.15, 0.2) is 5.13 Å². The number of benzene rings is 2. The van der Waals surface area contributed by atoms with Crippen LogP contribution in [0.4, 0.5) is 10.8 Å². The number of pyridine rings is 1. The SMILES string of the molecule is CN(C)CCN(C)c1nc2ccc(NC(=O)c3ccc(-c4ccccc4)nc3)cc2s1. The number of likely N-dealkylation sites (N-methyl/N-ethyl adjacent to an activating group) is 2. The van der Waals surface area contributed by atoms with E-state index in [2.05, 4.69) is 41.2 Å². The van der Waals surface area contributed by atoms with Crippen molar-refractivity contribution in [3.8, 4) is 11.3 Å². The summed E-state index contributed by atoms with van der Waals surface area (Å²) in [5.74, 6) is -0.181. The maximum atomic E-state index is 12.7. The molecule has 1 N–H and O–H groups in total. The minimum absolute atomic E-state index is 0.181. The highest BCUT2D eigenvalue weighted by Gasteiger charge is 2.12. The van der Waals surface area contributed by atoms with E-state index in [0.717, 1.165) is 45.4 Å². The molecule has 1 amide bonds. The van der Waals surface area contributed by atoms with E-state index in [-0.39, 0.29) is 5.91 Å². The van der Waals surface area contributed by atoms with E-state index < -0.39 is 0 Å². The number of thiazole rings is 1. The van der Waals surface area contributed by atoms with Gasteiger partial charge in [-0.15, -0.1) is 0 Å². The predicted octanol–water partition coefficient (Wildman–Crippen LogP) is 4.61. The Bertz CT molecular complexity index is 1170. The van der Waals surface area contributed by atoms with Crippen LogP contribution in [-0.4, -0.2) is 55.0 Å². The highest BCUT2D eigenvalue weighted by molar-refractivity contribution is 7.22. The zero-order chi connectivity index (χ0) is 21.8. The highest BCUT2D eigenvalue weighted by Crippen LogP contribution is 2.30. The largest absolute Gasteiger partial charge is 0.350 e. The monoisotopic (exact) mass is 431 g/mol. The number of anilines is 2. The van der Waals surface area contributed by atoms with Crippen LogP contribution < -0.4 is 10.2 Å². The van der Waals surface area contributed by atoms with E-state index in [1.807, 2.05) is 54.6 Å². The van der Waals surface area contributed by atoms with Gasteiger partial charge in [-0.3, -0.25) is 9.78 Å². The summed E-state index contributed by atoms with van der Waals surface area (Å²) in [5.41, 5.74) is 4.07. The Morgan fingerprint density at radius 3 is 2.52 bits per heavy atom. The third-order valence-electron chi connectivity index (χ3n) is 4.94. The molecule has 0 saturated carbocycles. The second-order valence-electron chi connectivity index (χ2n) is 7.66. The summed E-state index contributed by atoms with van der Waals surface area (Å²) in [5, 5.41) is 3.94. The van der Waals surface area contributed by atoms with Crippen LogP contribution in [0.3, 0.4) is 0 Å². The molecule has 0 aliphatic rings. The normalized spacial score (nSPS) is 11.1. The van der Waals surface area contributed by atoms with Crippen molar-refractivity contribution in [2.24, 2.45) is 0 Å². The first-order chi connectivity index (χ1) is 15.0. The molecule has 0 spiro atoms. The maximum Gasteiger partial charge on any atom is 0.257 e. The maximum absolute atomic E-state index is 12.7. The third kappa shape index (κ3) is 5.07. The van der Waals surface area contributed by atoms with Crippen molar-refractivity contribution in [3.63, 3.8) is 0 Å². The number of hydrogen-bond acceptors (Lipinski definition) is 6. The van der Waals surface area contributed by atoms with Crippen LogP contribution in [0.15, 0.2) is 66.9 Å². The van der Waals surface area contributed by atoms with Crippen molar-refractivity contribution < 1.29 is 4.79 Å². The number of amides is 1. The predicted molar refractivity (Wildman–Crippen MR) is 129 cm³/mol. The van der Waals surface area contributed by atoms with Gasteiger partial charge < -0.3 is 15.1 Å². The van der Waals surface area contributed by atoms with Crippen LogP contribution in [0.1, 0.15) is 10.4 Å². The second-order valence-corrected chi connectivity index (χ2v) is 8.67. The van der Waals surface area contributed by atoms with Gasteiger partial charge in [-0.05, 0) is 44.4 Å². The van der Waals surface area contributed by atoms with Gasteiger partial charge in [0.2, 0.25) is 0 Å². The Balaban J connectivity index is 1.46. The van der Waals surface area contributed by atoms with E-state index >= 15 is 0 Å².